The third-order valence-electron chi connectivity index (χ3n) is 3.40. The molecule has 2 atom stereocenters. The molecule has 1 aliphatic rings. The summed E-state index contributed by atoms with van der Waals surface area (Å²) in [6.45, 7) is 0.509. The van der Waals surface area contributed by atoms with Crippen molar-refractivity contribution < 1.29 is 9.90 Å². The highest BCUT2D eigenvalue weighted by molar-refractivity contribution is 9.10. The Morgan fingerprint density at radius 1 is 1.47 bits per heavy atom. The lowest BCUT2D eigenvalue weighted by molar-refractivity contribution is 0.0917. The van der Waals surface area contributed by atoms with Gasteiger partial charge in [0.25, 0.3) is 5.91 Å². The topological polar surface area (TPSA) is 75.4 Å². The predicted molar refractivity (Wildman–Crippen MR) is 81.5 cm³/mol. The molecule has 0 radical (unpaired) electrons. The number of anilines is 1. The number of nitrogen functional groups attached to an aromatic ring is 1. The number of carbonyl (C=O) groups is 1. The molecule has 0 saturated heterocycles. The van der Waals surface area contributed by atoms with Crippen molar-refractivity contribution in [3.05, 3.63) is 28.2 Å². The second-order valence-corrected chi connectivity index (χ2v) is 5.62. The van der Waals surface area contributed by atoms with Crippen LogP contribution >= 0.6 is 28.3 Å². The van der Waals surface area contributed by atoms with Crippen LogP contribution in [0.3, 0.4) is 0 Å². The van der Waals surface area contributed by atoms with E-state index in [-0.39, 0.29) is 30.3 Å². The van der Waals surface area contributed by atoms with Crippen molar-refractivity contribution in [2.24, 2.45) is 5.92 Å². The number of aliphatic hydroxyl groups excluding tert-OH is 1. The van der Waals surface area contributed by atoms with Gasteiger partial charge in [-0.1, -0.05) is 22.4 Å². The SMILES string of the molecule is Cl.Nc1cc(Br)ccc1C(=O)NCC1CCCC1O. The molecule has 1 aliphatic carbocycles. The molecule has 4 nitrogen and oxygen atoms in total. The summed E-state index contributed by atoms with van der Waals surface area (Å²) >= 11 is 3.30. The number of nitrogens with one attached hydrogen (secondary N) is 1. The van der Waals surface area contributed by atoms with E-state index in [4.69, 9.17) is 5.73 Å². The largest absolute Gasteiger partial charge is 0.398 e. The Morgan fingerprint density at radius 2 is 2.21 bits per heavy atom. The van der Waals surface area contributed by atoms with Crippen LogP contribution in [0.25, 0.3) is 0 Å². The Hall–Kier alpha value is -0.780. The normalized spacial score (nSPS) is 21.8. The number of rotatable bonds is 3. The molecule has 0 aliphatic heterocycles. The summed E-state index contributed by atoms with van der Waals surface area (Å²) < 4.78 is 0.850. The summed E-state index contributed by atoms with van der Waals surface area (Å²) in [7, 11) is 0. The molecule has 106 valence electrons. The fourth-order valence-corrected chi connectivity index (χ4v) is 2.69. The average Bonchev–Trinajstić information content (AvgIpc) is 2.72. The monoisotopic (exact) mass is 348 g/mol. The van der Waals surface area contributed by atoms with Gasteiger partial charge >= 0.3 is 0 Å². The predicted octanol–water partition coefficient (Wildman–Crippen LogP) is 2.34. The molecule has 1 fully saturated rings. The number of hydrogen-bond acceptors (Lipinski definition) is 3. The van der Waals surface area contributed by atoms with Crippen molar-refractivity contribution in [2.45, 2.75) is 25.4 Å². The van der Waals surface area contributed by atoms with Crippen LogP contribution in [0.1, 0.15) is 29.6 Å². The Morgan fingerprint density at radius 3 is 2.79 bits per heavy atom. The molecule has 0 aromatic heterocycles. The minimum absolute atomic E-state index is 0. The maximum atomic E-state index is 12.0. The van der Waals surface area contributed by atoms with Gasteiger partial charge in [-0.05, 0) is 31.0 Å². The van der Waals surface area contributed by atoms with Gasteiger partial charge in [0.2, 0.25) is 0 Å². The Bertz CT molecular complexity index is 456. The van der Waals surface area contributed by atoms with Gasteiger partial charge in [0.1, 0.15) is 0 Å². The van der Waals surface area contributed by atoms with Crippen LogP contribution in [0.5, 0.6) is 0 Å². The lowest BCUT2D eigenvalue weighted by Crippen LogP contribution is -2.32. The van der Waals surface area contributed by atoms with Crippen molar-refractivity contribution in [1.29, 1.82) is 0 Å². The Balaban J connectivity index is 0.00000180. The van der Waals surface area contributed by atoms with Gasteiger partial charge < -0.3 is 16.2 Å². The fourth-order valence-electron chi connectivity index (χ4n) is 2.31. The molecule has 4 N–H and O–H groups in total. The zero-order chi connectivity index (χ0) is 13.1. The van der Waals surface area contributed by atoms with Crippen LogP contribution in [-0.2, 0) is 0 Å². The minimum atomic E-state index is -0.285. The fraction of sp³-hybridized carbons (Fsp3) is 0.462. The lowest BCUT2D eigenvalue weighted by Gasteiger charge is -2.15. The molecule has 1 aromatic carbocycles. The Labute approximate surface area is 127 Å². The summed E-state index contributed by atoms with van der Waals surface area (Å²) in [5, 5.41) is 12.5. The summed E-state index contributed by atoms with van der Waals surface area (Å²) in [6, 6.07) is 5.19. The first-order chi connectivity index (χ1) is 8.58. The lowest BCUT2D eigenvalue weighted by atomic mass is 10.1. The quantitative estimate of drug-likeness (QED) is 0.733. The molecule has 2 unspecified atom stereocenters. The smallest absolute Gasteiger partial charge is 0.253 e. The van der Waals surface area contributed by atoms with Gasteiger partial charge in [-0.25, -0.2) is 0 Å². The second-order valence-electron chi connectivity index (χ2n) is 4.70. The van der Waals surface area contributed by atoms with Crippen LogP contribution in [-0.4, -0.2) is 23.7 Å². The number of halogens is 2. The van der Waals surface area contributed by atoms with Gasteiger partial charge in [0, 0.05) is 22.6 Å². The highest BCUT2D eigenvalue weighted by Crippen LogP contribution is 2.25. The molecule has 1 amide bonds. The van der Waals surface area contributed by atoms with Crippen molar-refractivity contribution in [3.63, 3.8) is 0 Å². The average molecular weight is 350 g/mol. The summed E-state index contributed by atoms with van der Waals surface area (Å²) in [6.07, 6.45) is 2.55. The van der Waals surface area contributed by atoms with Gasteiger partial charge in [-0.3, -0.25) is 4.79 Å². The van der Waals surface area contributed by atoms with Crippen LogP contribution in [0.15, 0.2) is 22.7 Å². The minimum Gasteiger partial charge on any atom is -0.398 e. The van der Waals surface area contributed by atoms with Gasteiger partial charge in [-0.2, -0.15) is 0 Å². The van der Waals surface area contributed by atoms with Gasteiger partial charge in [0.15, 0.2) is 0 Å². The van der Waals surface area contributed by atoms with Crippen molar-refractivity contribution >= 4 is 39.9 Å². The molecule has 0 bridgehead atoms. The van der Waals surface area contributed by atoms with Crippen molar-refractivity contribution in [3.8, 4) is 0 Å². The first-order valence-corrected chi connectivity index (χ1v) is 6.88. The number of carbonyl (C=O) groups excluding carboxylic acids is 1. The first-order valence-electron chi connectivity index (χ1n) is 6.09. The zero-order valence-electron chi connectivity index (χ0n) is 10.4. The highest BCUT2D eigenvalue weighted by Gasteiger charge is 2.25. The zero-order valence-corrected chi connectivity index (χ0v) is 12.8. The molecule has 19 heavy (non-hydrogen) atoms. The molecule has 1 aromatic rings. The van der Waals surface area contributed by atoms with Crippen LogP contribution in [0.2, 0.25) is 0 Å². The number of aliphatic hydroxyl groups is 1. The Kier molecular flexibility index (Phi) is 6.10. The van der Waals surface area contributed by atoms with E-state index in [0.717, 1.165) is 23.7 Å². The van der Waals surface area contributed by atoms with E-state index in [9.17, 15) is 9.90 Å². The molecule has 0 spiro atoms. The standard InChI is InChI=1S/C13H17BrN2O2.ClH/c14-9-4-5-10(11(15)6-9)13(18)16-7-8-2-1-3-12(8)17;/h4-6,8,12,17H,1-3,7,15H2,(H,16,18);1H. The molecule has 2 rings (SSSR count). The van der Waals surface area contributed by atoms with Crippen molar-refractivity contribution in [1.82, 2.24) is 5.32 Å². The van der Waals surface area contributed by atoms with Gasteiger partial charge in [-0.15, -0.1) is 12.4 Å². The van der Waals surface area contributed by atoms with Gasteiger partial charge in [0.05, 0.1) is 11.7 Å². The maximum Gasteiger partial charge on any atom is 0.253 e. The maximum absolute atomic E-state index is 12.0. The van der Waals surface area contributed by atoms with E-state index in [0.29, 0.717) is 17.8 Å². The third kappa shape index (κ3) is 4.09. The number of benzene rings is 1. The van der Waals surface area contributed by atoms with Crippen LogP contribution in [0.4, 0.5) is 5.69 Å². The highest BCUT2D eigenvalue weighted by atomic mass is 79.9. The summed E-state index contributed by atoms with van der Waals surface area (Å²) in [4.78, 5) is 12.0. The second kappa shape index (κ2) is 7.12. The van der Waals surface area contributed by atoms with Crippen LogP contribution < -0.4 is 11.1 Å². The number of nitrogens with two attached hydrogens (primary N) is 1. The first kappa shape index (κ1) is 16.3. The van der Waals surface area contributed by atoms with E-state index < -0.39 is 0 Å². The number of hydrogen-bond donors (Lipinski definition) is 3. The van der Waals surface area contributed by atoms with E-state index >= 15 is 0 Å². The molecule has 6 heteroatoms. The van der Waals surface area contributed by atoms with E-state index in [1.807, 2.05) is 0 Å². The van der Waals surface area contributed by atoms with E-state index in [1.165, 1.54) is 0 Å². The molecule has 0 heterocycles. The molecular formula is C13H18BrClN2O2. The number of amides is 1. The molecular weight excluding hydrogens is 332 g/mol. The summed E-state index contributed by atoms with van der Waals surface area (Å²) in [5.41, 5.74) is 6.72. The summed E-state index contributed by atoms with van der Waals surface area (Å²) in [5.74, 6) is -0.00952. The van der Waals surface area contributed by atoms with Crippen molar-refractivity contribution in [2.75, 3.05) is 12.3 Å². The molecule has 1 saturated carbocycles. The van der Waals surface area contributed by atoms with Crippen LogP contribution in [0, 0.1) is 5.92 Å². The van der Waals surface area contributed by atoms with E-state index in [2.05, 4.69) is 21.2 Å². The third-order valence-corrected chi connectivity index (χ3v) is 3.90. The van der Waals surface area contributed by atoms with E-state index in [1.54, 1.807) is 18.2 Å².